The van der Waals surface area contributed by atoms with Crippen LogP contribution in [-0.2, 0) is 30.9 Å². The summed E-state index contributed by atoms with van der Waals surface area (Å²) in [5.74, 6) is -8.26. The van der Waals surface area contributed by atoms with Gasteiger partial charge in [-0.1, -0.05) is 23.7 Å². The fourth-order valence-corrected chi connectivity index (χ4v) is 4.93. The second kappa shape index (κ2) is 12.8. The zero-order chi connectivity index (χ0) is 29.8. The zero-order valence-corrected chi connectivity index (χ0v) is 22.4. The lowest BCUT2D eigenvalue weighted by Gasteiger charge is -2.48. The summed E-state index contributed by atoms with van der Waals surface area (Å²) in [6.07, 6.45) is -8.18. The van der Waals surface area contributed by atoms with Crippen molar-refractivity contribution in [2.75, 3.05) is 12.8 Å². The normalized spacial score (nSPS) is 24.7. The van der Waals surface area contributed by atoms with Gasteiger partial charge in [-0.05, 0) is 30.3 Å². The molecule has 6 atom stereocenters. The van der Waals surface area contributed by atoms with Crippen LogP contribution in [-0.4, -0.2) is 84.7 Å². The number of amides is 1. The van der Waals surface area contributed by atoms with Gasteiger partial charge >= 0.3 is 0 Å². The van der Waals surface area contributed by atoms with Gasteiger partial charge in [0.2, 0.25) is 15.8 Å². The summed E-state index contributed by atoms with van der Waals surface area (Å²) in [5.41, 5.74) is -0.266. The van der Waals surface area contributed by atoms with Crippen molar-refractivity contribution in [3.05, 3.63) is 70.2 Å². The molecule has 16 heteroatoms. The van der Waals surface area contributed by atoms with Gasteiger partial charge in [0.15, 0.2) is 11.6 Å². The average Bonchev–Trinajstić information content (AvgIpc) is 2.88. The Kier molecular flexibility index (Phi) is 10.2. The van der Waals surface area contributed by atoms with E-state index < -0.39 is 94.9 Å². The highest BCUT2D eigenvalue weighted by molar-refractivity contribution is 7.88. The van der Waals surface area contributed by atoms with Gasteiger partial charge in [0.1, 0.15) is 18.2 Å². The molecule has 1 saturated heterocycles. The standard InChI is InChI=1S/C24H27ClF2N2O10S/c1-40(36,37)29-19-16(30)9-24(23(34)35,38-11-13-3-2-4-15(26)18(13)27)39-21(19)20(32)17(31)10-28-22(33)12-5-7-14(25)8-6-12/h2-8,16-17,19-21,29-32H,9-11H2,1H3,(H,28,33)(H,34,35)/p-1/t16-,17-,19+,20-,21-,24-/m1/s1. The van der Waals surface area contributed by atoms with Gasteiger partial charge in [-0.3, -0.25) is 4.79 Å². The number of hydrogen-bond acceptors (Lipinski definition) is 10. The minimum absolute atomic E-state index is 0.154. The van der Waals surface area contributed by atoms with E-state index in [0.29, 0.717) is 5.02 Å². The van der Waals surface area contributed by atoms with Gasteiger partial charge in [-0.15, -0.1) is 0 Å². The molecule has 0 spiro atoms. The van der Waals surface area contributed by atoms with Gasteiger partial charge in [-0.2, -0.15) is 0 Å². The molecule has 0 saturated carbocycles. The highest BCUT2D eigenvalue weighted by Crippen LogP contribution is 2.34. The Morgan fingerprint density at radius 1 is 1.23 bits per heavy atom. The van der Waals surface area contributed by atoms with Crippen molar-refractivity contribution < 1.29 is 56.7 Å². The molecule has 0 unspecified atom stereocenters. The second-order valence-corrected chi connectivity index (χ2v) is 11.3. The van der Waals surface area contributed by atoms with Crippen LogP contribution >= 0.6 is 11.6 Å². The molecule has 1 aliphatic rings. The Morgan fingerprint density at radius 3 is 2.48 bits per heavy atom. The van der Waals surface area contributed by atoms with Crippen molar-refractivity contribution in [3.63, 3.8) is 0 Å². The van der Waals surface area contributed by atoms with Crippen molar-refractivity contribution in [1.29, 1.82) is 0 Å². The van der Waals surface area contributed by atoms with Crippen LogP contribution in [0.4, 0.5) is 8.78 Å². The number of benzene rings is 2. The molecule has 0 aliphatic carbocycles. The van der Waals surface area contributed by atoms with Gasteiger partial charge in [0, 0.05) is 29.1 Å². The number of nitrogens with one attached hydrogen (secondary N) is 2. The maximum atomic E-state index is 14.1. The van der Waals surface area contributed by atoms with Crippen molar-refractivity contribution >= 4 is 33.5 Å². The molecule has 5 N–H and O–H groups in total. The molecule has 40 heavy (non-hydrogen) atoms. The number of aliphatic carboxylic acids is 1. The Balaban J connectivity index is 1.84. The predicted octanol–water partition coefficient (Wildman–Crippen LogP) is -1.20. The SMILES string of the molecule is CS(=O)(=O)N[C@@H]1[C@H]([C@H](O)[C@H](O)CNC(=O)c2ccc(Cl)cc2)O[C@@](OCc2cccc(F)c2F)(C(=O)[O-])C[C@H]1O. The highest BCUT2D eigenvalue weighted by Gasteiger charge is 2.53. The lowest BCUT2D eigenvalue weighted by Crippen LogP contribution is -2.69. The first-order valence-electron chi connectivity index (χ1n) is 11.6. The van der Waals surface area contributed by atoms with Crippen LogP contribution < -0.4 is 15.1 Å². The van der Waals surface area contributed by atoms with Crippen LogP contribution in [0.15, 0.2) is 42.5 Å². The number of hydrogen-bond donors (Lipinski definition) is 5. The molecule has 2 aromatic carbocycles. The summed E-state index contributed by atoms with van der Waals surface area (Å²) in [7, 11) is -4.10. The summed E-state index contributed by atoms with van der Waals surface area (Å²) in [6, 6.07) is 6.98. The van der Waals surface area contributed by atoms with E-state index in [1.54, 1.807) is 0 Å². The molecule has 3 rings (SSSR count). The van der Waals surface area contributed by atoms with E-state index in [4.69, 9.17) is 21.1 Å². The number of carbonyl (C=O) groups excluding carboxylic acids is 2. The third kappa shape index (κ3) is 7.70. The monoisotopic (exact) mass is 607 g/mol. The minimum Gasteiger partial charge on any atom is -0.544 e. The molecular formula is C24H26ClF2N2O10S-. The predicted molar refractivity (Wildman–Crippen MR) is 132 cm³/mol. The van der Waals surface area contributed by atoms with E-state index in [1.807, 2.05) is 4.72 Å². The maximum Gasteiger partial charge on any atom is 0.251 e. The topological polar surface area (TPSA) is 195 Å². The lowest BCUT2D eigenvalue weighted by atomic mass is 9.89. The average molecular weight is 608 g/mol. The molecule has 220 valence electrons. The van der Waals surface area contributed by atoms with Crippen LogP contribution in [0.1, 0.15) is 22.3 Å². The number of carboxylic acid groups (broad SMARTS) is 1. The number of ether oxygens (including phenoxy) is 2. The van der Waals surface area contributed by atoms with E-state index in [2.05, 4.69) is 5.32 Å². The highest BCUT2D eigenvalue weighted by atomic mass is 35.5. The molecule has 1 aliphatic heterocycles. The van der Waals surface area contributed by atoms with Crippen molar-refractivity contribution in [3.8, 4) is 0 Å². The molecule has 1 fully saturated rings. The minimum atomic E-state index is -4.10. The van der Waals surface area contributed by atoms with Crippen molar-refractivity contribution in [1.82, 2.24) is 10.0 Å². The first-order chi connectivity index (χ1) is 18.6. The van der Waals surface area contributed by atoms with Gasteiger partial charge in [0.05, 0.1) is 31.1 Å². The first-order valence-corrected chi connectivity index (χ1v) is 13.9. The fraction of sp³-hybridized carbons (Fsp3) is 0.417. The lowest BCUT2D eigenvalue weighted by molar-refractivity contribution is -0.383. The zero-order valence-electron chi connectivity index (χ0n) is 20.8. The number of halogens is 3. The number of carboxylic acids is 1. The smallest absolute Gasteiger partial charge is 0.251 e. The van der Waals surface area contributed by atoms with Crippen LogP contribution in [0.25, 0.3) is 0 Å². The quantitative estimate of drug-likeness (QED) is 0.207. The summed E-state index contributed by atoms with van der Waals surface area (Å²) in [5, 5.41) is 47.0. The fourth-order valence-electron chi connectivity index (χ4n) is 4.02. The number of carbonyl (C=O) groups is 2. The molecule has 12 nitrogen and oxygen atoms in total. The summed E-state index contributed by atoms with van der Waals surface area (Å²) < 4.78 is 64.2. The summed E-state index contributed by atoms with van der Waals surface area (Å²) in [6.45, 7) is -1.52. The number of rotatable bonds is 11. The maximum absolute atomic E-state index is 14.1. The number of sulfonamides is 1. The van der Waals surface area contributed by atoms with E-state index in [-0.39, 0.29) is 5.56 Å². The largest absolute Gasteiger partial charge is 0.544 e. The van der Waals surface area contributed by atoms with Gasteiger partial charge < -0.3 is 40.0 Å². The Bertz CT molecular complexity index is 1330. The molecule has 0 bridgehead atoms. The van der Waals surface area contributed by atoms with Crippen LogP contribution in [0, 0.1) is 11.6 Å². The van der Waals surface area contributed by atoms with E-state index in [1.165, 1.54) is 24.3 Å². The van der Waals surface area contributed by atoms with E-state index in [0.717, 1.165) is 24.5 Å². The van der Waals surface area contributed by atoms with E-state index in [9.17, 15) is 47.2 Å². The molecule has 0 radical (unpaired) electrons. The van der Waals surface area contributed by atoms with Crippen LogP contribution in [0.5, 0.6) is 0 Å². The summed E-state index contributed by atoms with van der Waals surface area (Å²) >= 11 is 5.78. The summed E-state index contributed by atoms with van der Waals surface area (Å²) in [4.78, 5) is 24.5. The van der Waals surface area contributed by atoms with Crippen LogP contribution in [0.3, 0.4) is 0 Å². The second-order valence-electron chi connectivity index (χ2n) is 9.09. The molecule has 1 amide bonds. The molecule has 2 aromatic rings. The third-order valence-electron chi connectivity index (χ3n) is 6.04. The van der Waals surface area contributed by atoms with Gasteiger partial charge in [0.25, 0.3) is 5.91 Å². The van der Waals surface area contributed by atoms with Crippen molar-refractivity contribution in [2.45, 2.75) is 49.3 Å². The van der Waals surface area contributed by atoms with Gasteiger partial charge in [-0.25, -0.2) is 21.9 Å². The molecular weight excluding hydrogens is 582 g/mol. The third-order valence-corrected chi connectivity index (χ3v) is 6.99. The van der Waals surface area contributed by atoms with E-state index >= 15 is 0 Å². The Labute approximate surface area is 232 Å². The van der Waals surface area contributed by atoms with Crippen molar-refractivity contribution in [2.24, 2.45) is 0 Å². The van der Waals surface area contributed by atoms with Crippen LogP contribution in [0.2, 0.25) is 5.02 Å². The molecule has 1 heterocycles. The first kappa shape index (κ1) is 31.8. The Morgan fingerprint density at radius 2 is 1.88 bits per heavy atom. The Hall–Kier alpha value is -2.76. The number of aliphatic hydroxyl groups is 3. The number of aliphatic hydroxyl groups excluding tert-OH is 3. The molecule has 0 aromatic heterocycles.